The van der Waals surface area contributed by atoms with Crippen LogP contribution in [0.3, 0.4) is 0 Å². The lowest BCUT2D eigenvalue weighted by molar-refractivity contribution is 0.847. The zero-order valence-corrected chi connectivity index (χ0v) is 11.7. The van der Waals surface area contributed by atoms with E-state index < -0.39 is 0 Å². The van der Waals surface area contributed by atoms with Crippen LogP contribution < -0.4 is 10.6 Å². The van der Waals surface area contributed by atoms with E-state index in [9.17, 15) is 0 Å². The third-order valence-electron chi connectivity index (χ3n) is 2.97. The highest BCUT2D eigenvalue weighted by atomic mass is 15.2. The van der Waals surface area contributed by atoms with E-state index >= 15 is 0 Å². The molecule has 1 heterocycles. The Morgan fingerprint density at radius 1 is 1.16 bits per heavy atom. The Morgan fingerprint density at radius 2 is 1.84 bits per heavy atom. The van der Waals surface area contributed by atoms with E-state index in [4.69, 9.17) is 5.73 Å². The molecule has 2 rings (SSSR count). The molecule has 1 aromatic carbocycles. The summed E-state index contributed by atoms with van der Waals surface area (Å²) in [7, 11) is 1.95. The number of likely N-dealkylation sites (N-methyl/N-ethyl adjacent to an activating group) is 1. The second-order valence-corrected chi connectivity index (χ2v) is 4.83. The Morgan fingerprint density at radius 3 is 2.47 bits per heavy atom. The van der Waals surface area contributed by atoms with Gasteiger partial charge in [0.25, 0.3) is 0 Å². The summed E-state index contributed by atoms with van der Waals surface area (Å²) in [4.78, 5) is 10.9. The lowest BCUT2D eigenvalue weighted by atomic mass is 10.1. The molecule has 0 aliphatic carbocycles. The van der Waals surface area contributed by atoms with Gasteiger partial charge in [-0.2, -0.15) is 0 Å². The van der Waals surface area contributed by atoms with Crippen LogP contribution in [0.25, 0.3) is 11.3 Å². The molecule has 0 aliphatic rings. The number of nitrogens with zero attached hydrogens (tertiary/aromatic N) is 3. The van der Waals surface area contributed by atoms with Crippen LogP contribution in [-0.2, 0) is 0 Å². The normalized spacial score (nSPS) is 10.5. The zero-order chi connectivity index (χ0) is 13.8. The Bertz CT molecular complexity index is 546. The quantitative estimate of drug-likeness (QED) is 0.910. The minimum absolute atomic E-state index is 0.591. The van der Waals surface area contributed by atoms with Crippen LogP contribution in [0.5, 0.6) is 0 Å². The van der Waals surface area contributed by atoms with Gasteiger partial charge in [0.1, 0.15) is 0 Å². The standard InChI is InChI=1S/C15H20N4/c1-11-8-12(2)10-13(9-11)14-4-6-17-15(18-14)19(3)7-5-16/h4,6,8-10H,5,7,16H2,1-3H3. The van der Waals surface area contributed by atoms with Crippen molar-refractivity contribution in [2.24, 2.45) is 5.73 Å². The van der Waals surface area contributed by atoms with Crippen LogP contribution in [0.2, 0.25) is 0 Å². The summed E-state index contributed by atoms with van der Waals surface area (Å²) in [5, 5.41) is 0. The lowest BCUT2D eigenvalue weighted by Gasteiger charge is -2.16. The summed E-state index contributed by atoms with van der Waals surface area (Å²) in [6.45, 7) is 5.53. The van der Waals surface area contributed by atoms with Gasteiger partial charge in [0.2, 0.25) is 5.95 Å². The number of aryl methyl sites for hydroxylation is 2. The van der Waals surface area contributed by atoms with Crippen LogP contribution >= 0.6 is 0 Å². The Hall–Kier alpha value is -1.94. The van der Waals surface area contributed by atoms with Crippen LogP contribution in [0.15, 0.2) is 30.5 Å². The number of hydrogen-bond acceptors (Lipinski definition) is 4. The summed E-state index contributed by atoms with van der Waals surface area (Å²) in [6, 6.07) is 8.38. The highest BCUT2D eigenvalue weighted by Gasteiger charge is 2.06. The van der Waals surface area contributed by atoms with Crippen molar-refractivity contribution in [1.29, 1.82) is 0 Å². The molecule has 0 saturated heterocycles. The molecule has 0 aliphatic heterocycles. The third kappa shape index (κ3) is 3.29. The van der Waals surface area contributed by atoms with Crippen molar-refractivity contribution in [1.82, 2.24) is 9.97 Å². The van der Waals surface area contributed by atoms with Crippen molar-refractivity contribution in [2.45, 2.75) is 13.8 Å². The summed E-state index contributed by atoms with van der Waals surface area (Å²) in [6.07, 6.45) is 1.79. The van der Waals surface area contributed by atoms with Crippen molar-refractivity contribution in [3.63, 3.8) is 0 Å². The molecule has 0 bridgehead atoms. The van der Waals surface area contributed by atoms with Crippen molar-refractivity contribution in [2.75, 3.05) is 25.0 Å². The molecule has 100 valence electrons. The van der Waals surface area contributed by atoms with Crippen molar-refractivity contribution in [3.8, 4) is 11.3 Å². The van der Waals surface area contributed by atoms with Gasteiger partial charge in [-0.25, -0.2) is 9.97 Å². The number of nitrogens with two attached hydrogens (primary N) is 1. The second-order valence-electron chi connectivity index (χ2n) is 4.83. The maximum atomic E-state index is 5.56. The highest BCUT2D eigenvalue weighted by Crippen LogP contribution is 2.21. The first-order chi connectivity index (χ1) is 9.10. The Balaban J connectivity index is 2.37. The third-order valence-corrected chi connectivity index (χ3v) is 2.97. The predicted octanol–water partition coefficient (Wildman–Crippen LogP) is 2.16. The van der Waals surface area contributed by atoms with E-state index in [-0.39, 0.29) is 0 Å². The first-order valence-corrected chi connectivity index (χ1v) is 6.43. The van der Waals surface area contributed by atoms with Gasteiger partial charge in [0, 0.05) is 31.9 Å². The van der Waals surface area contributed by atoms with E-state index in [1.165, 1.54) is 11.1 Å². The summed E-state index contributed by atoms with van der Waals surface area (Å²) in [5.74, 6) is 0.710. The van der Waals surface area contributed by atoms with Crippen molar-refractivity contribution >= 4 is 5.95 Å². The second kappa shape index (κ2) is 5.80. The number of anilines is 1. The largest absolute Gasteiger partial charge is 0.343 e. The van der Waals surface area contributed by atoms with Gasteiger partial charge in [-0.1, -0.05) is 17.2 Å². The van der Waals surface area contributed by atoms with Crippen LogP contribution in [-0.4, -0.2) is 30.1 Å². The molecule has 4 heteroatoms. The van der Waals surface area contributed by atoms with Crippen LogP contribution in [0.1, 0.15) is 11.1 Å². The Kier molecular flexibility index (Phi) is 4.12. The number of aromatic nitrogens is 2. The predicted molar refractivity (Wildman–Crippen MR) is 79.3 cm³/mol. The smallest absolute Gasteiger partial charge is 0.225 e. The van der Waals surface area contributed by atoms with Gasteiger partial charge < -0.3 is 10.6 Å². The molecule has 0 radical (unpaired) electrons. The molecule has 0 unspecified atom stereocenters. The van der Waals surface area contributed by atoms with Gasteiger partial charge in [-0.05, 0) is 32.0 Å². The molecule has 0 saturated carbocycles. The lowest BCUT2D eigenvalue weighted by Crippen LogP contribution is -2.26. The van der Waals surface area contributed by atoms with Crippen molar-refractivity contribution < 1.29 is 0 Å². The summed E-state index contributed by atoms with van der Waals surface area (Å²) in [5.41, 5.74) is 10.1. The van der Waals surface area contributed by atoms with E-state index in [0.717, 1.165) is 17.8 Å². The van der Waals surface area contributed by atoms with E-state index in [2.05, 4.69) is 42.0 Å². The Labute approximate surface area is 114 Å². The van der Waals surface area contributed by atoms with Gasteiger partial charge in [0.15, 0.2) is 0 Å². The average molecular weight is 256 g/mol. The molecule has 2 aromatic rings. The fourth-order valence-electron chi connectivity index (χ4n) is 2.11. The maximum absolute atomic E-state index is 5.56. The molecular weight excluding hydrogens is 236 g/mol. The van der Waals surface area contributed by atoms with Crippen LogP contribution in [0, 0.1) is 13.8 Å². The van der Waals surface area contributed by atoms with E-state index in [0.29, 0.717) is 12.5 Å². The monoisotopic (exact) mass is 256 g/mol. The highest BCUT2D eigenvalue weighted by molar-refractivity contribution is 5.62. The van der Waals surface area contributed by atoms with E-state index in [1.54, 1.807) is 6.20 Å². The minimum atomic E-state index is 0.591. The molecule has 0 atom stereocenters. The molecule has 0 amide bonds. The summed E-state index contributed by atoms with van der Waals surface area (Å²) >= 11 is 0. The first-order valence-electron chi connectivity index (χ1n) is 6.43. The zero-order valence-electron chi connectivity index (χ0n) is 11.7. The number of benzene rings is 1. The molecule has 2 N–H and O–H groups in total. The van der Waals surface area contributed by atoms with Gasteiger partial charge in [-0.15, -0.1) is 0 Å². The van der Waals surface area contributed by atoms with Gasteiger partial charge in [0.05, 0.1) is 5.69 Å². The van der Waals surface area contributed by atoms with Crippen molar-refractivity contribution in [3.05, 3.63) is 41.6 Å². The summed E-state index contributed by atoms with van der Waals surface area (Å²) < 4.78 is 0. The molecule has 0 spiro atoms. The minimum Gasteiger partial charge on any atom is -0.343 e. The molecule has 0 fully saturated rings. The molecule has 1 aromatic heterocycles. The average Bonchev–Trinajstić information content (AvgIpc) is 2.38. The fraction of sp³-hybridized carbons (Fsp3) is 0.333. The maximum Gasteiger partial charge on any atom is 0.225 e. The molecule has 4 nitrogen and oxygen atoms in total. The first kappa shape index (κ1) is 13.5. The topological polar surface area (TPSA) is 55.0 Å². The fourth-order valence-corrected chi connectivity index (χ4v) is 2.11. The molecular formula is C15H20N4. The van der Waals surface area contributed by atoms with E-state index in [1.807, 2.05) is 18.0 Å². The SMILES string of the molecule is Cc1cc(C)cc(-c2ccnc(N(C)CCN)n2)c1. The number of hydrogen-bond donors (Lipinski definition) is 1. The molecule has 19 heavy (non-hydrogen) atoms. The van der Waals surface area contributed by atoms with Crippen LogP contribution in [0.4, 0.5) is 5.95 Å². The number of rotatable bonds is 4. The van der Waals surface area contributed by atoms with Gasteiger partial charge >= 0.3 is 0 Å². The van der Waals surface area contributed by atoms with Gasteiger partial charge in [-0.3, -0.25) is 0 Å².